The summed E-state index contributed by atoms with van der Waals surface area (Å²) in [7, 11) is 0. The van der Waals surface area contributed by atoms with Gasteiger partial charge in [-0.25, -0.2) is 0 Å². The molecule has 1 amide bonds. The van der Waals surface area contributed by atoms with Gasteiger partial charge in [0.25, 0.3) is 0 Å². The average Bonchev–Trinajstić information content (AvgIpc) is 3.05. The second-order valence-corrected chi connectivity index (χ2v) is 8.95. The number of hydrogen-bond donors (Lipinski definition) is 0. The SMILES string of the molecule is CC1CC(C(=O)N2CCC3(CC2)CN(Cc2cccs2)CCO3)C1. The molecule has 4 rings (SSSR count). The Kier molecular flexibility index (Phi) is 4.67. The lowest BCUT2D eigenvalue weighted by Crippen LogP contribution is -2.58. The van der Waals surface area contributed by atoms with Crippen molar-refractivity contribution in [3.05, 3.63) is 22.4 Å². The molecular weight excluding hydrogens is 320 g/mol. The van der Waals surface area contributed by atoms with Crippen molar-refractivity contribution < 1.29 is 9.53 Å². The highest BCUT2D eigenvalue weighted by atomic mass is 32.1. The second-order valence-electron chi connectivity index (χ2n) is 7.92. The summed E-state index contributed by atoms with van der Waals surface area (Å²) in [6.07, 6.45) is 4.15. The van der Waals surface area contributed by atoms with E-state index < -0.39 is 0 Å². The van der Waals surface area contributed by atoms with Gasteiger partial charge in [-0.2, -0.15) is 0 Å². The zero-order valence-corrected chi connectivity index (χ0v) is 15.4. The molecule has 1 saturated carbocycles. The van der Waals surface area contributed by atoms with E-state index in [1.807, 2.05) is 11.3 Å². The summed E-state index contributed by atoms with van der Waals surface area (Å²) in [6.45, 7) is 7.86. The Morgan fingerprint density at radius 3 is 2.79 bits per heavy atom. The number of morpholine rings is 1. The summed E-state index contributed by atoms with van der Waals surface area (Å²) in [4.78, 5) is 18.6. The summed E-state index contributed by atoms with van der Waals surface area (Å²) >= 11 is 1.83. The molecule has 2 saturated heterocycles. The van der Waals surface area contributed by atoms with E-state index in [1.54, 1.807) is 0 Å². The van der Waals surface area contributed by atoms with Crippen LogP contribution in [0.5, 0.6) is 0 Å². The summed E-state index contributed by atoms with van der Waals surface area (Å²) in [6, 6.07) is 4.34. The quantitative estimate of drug-likeness (QED) is 0.842. The van der Waals surface area contributed by atoms with Crippen molar-refractivity contribution in [2.75, 3.05) is 32.8 Å². The molecule has 2 aliphatic heterocycles. The van der Waals surface area contributed by atoms with Crippen molar-refractivity contribution in [3.63, 3.8) is 0 Å². The lowest BCUT2D eigenvalue weighted by molar-refractivity contribution is -0.156. The maximum Gasteiger partial charge on any atom is 0.225 e. The minimum absolute atomic E-state index is 0.0286. The number of thiophene rings is 1. The molecule has 132 valence electrons. The Labute approximate surface area is 148 Å². The Bertz CT molecular complexity index is 560. The molecule has 0 N–H and O–H groups in total. The number of carbonyl (C=O) groups excluding carboxylic acids is 1. The maximum absolute atomic E-state index is 12.5. The molecular formula is C19H28N2O2S. The van der Waals surface area contributed by atoms with Gasteiger partial charge in [0.15, 0.2) is 0 Å². The van der Waals surface area contributed by atoms with Gasteiger partial charge < -0.3 is 9.64 Å². The number of nitrogens with zero attached hydrogens (tertiary/aromatic N) is 2. The lowest BCUT2D eigenvalue weighted by Gasteiger charge is -2.48. The minimum Gasteiger partial charge on any atom is -0.372 e. The summed E-state index contributed by atoms with van der Waals surface area (Å²) < 4.78 is 6.23. The van der Waals surface area contributed by atoms with Crippen LogP contribution in [0.2, 0.25) is 0 Å². The highest BCUT2D eigenvalue weighted by molar-refractivity contribution is 7.09. The number of hydrogen-bond acceptors (Lipinski definition) is 4. The number of amides is 1. The third-order valence-electron chi connectivity index (χ3n) is 6.00. The van der Waals surface area contributed by atoms with Crippen molar-refractivity contribution >= 4 is 17.2 Å². The zero-order chi connectivity index (χ0) is 16.6. The molecule has 0 radical (unpaired) electrons. The third-order valence-corrected chi connectivity index (χ3v) is 6.86. The number of rotatable bonds is 3. The molecule has 1 aliphatic carbocycles. The Balaban J connectivity index is 1.31. The first-order valence-electron chi connectivity index (χ1n) is 9.31. The van der Waals surface area contributed by atoms with Crippen molar-refractivity contribution in [3.8, 4) is 0 Å². The van der Waals surface area contributed by atoms with Gasteiger partial charge in [0.2, 0.25) is 5.91 Å². The van der Waals surface area contributed by atoms with Gasteiger partial charge in [-0.3, -0.25) is 9.69 Å². The molecule has 3 aliphatic rings. The zero-order valence-electron chi connectivity index (χ0n) is 14.6. The monoisotopic (exact) mass is 348 g/mol. The van der Waals surface area contributed by atoms with Crippen molar-refractivity contribution in [1.82, 2.24) is 9.80 Å². The first kappa shape index (κ1) is 16.6. The van der Waals surface area contributed by atoms with E-state index in [4.69, 9.17) is 4.74 Å². The first-order chi connectivity index (χ1) is 11.6. The fourth-order valence-electron chi connectivity index (χ4n) is 4.48. The van der Waals surface area contributed by atoms with Gasteiger partial charge in [0, 0.05) is 43.5 Å². The number of ether oxygens (including phenoxy) is 1. The number of likely N-dealkylation sites (tertiary alicyclic amines) is 1. The second kappa shape index (κ2) is 6.77. The average molecular weight is 349 g/mol. The molecule has 0 unspecified atom stereocenters. The molecule has 1 aromatic rings. The fourth-order valence-corrected chi connectivity index (χ4v) is 5.23. The summed E-state index contributed by atoms with van der Waals surface area (Å²) in [5.74, 6) is 1.44. The molecule has 3 fully saturated rings. The highest BCUT2D eigenvalue weighted by Crippen LogP contribution is 2.37. The maximum atomic E-state index is 12.5. The predicted molar refractivity (Wildman–Crippen MR) is 96.0 cm³/mol. The molecule has 0 bridgehead atoms. The normalized spacial score (nSPS) is 30.3. The van der Waals surface area contributed by atoms with E-state index in [2.05, 4.69) is 34.2 Å². The number of carbonyl (C=O) groups is 1. The molecule has 4 nitrogen and oxygen atoms in total. The van der Waals surface area contributed by atoms with E-state index in [0.717, 1.165) is 70.9 Å². The molecule has 0 atom stereocenters. The van der Waals surface area contributed by atoms with Gasteiger partial charge >= 0.3 is 0 Å². The Hall–Kier alpha value is -0.910. The minimum atomic E-state index is -0.0286. The lowest BCUT2D eigenvalue weighted by atomic mass is 9.75. The van der Waals surface area contributed by atoms with Crippen LogP contribution in [-0.4, -0.2) is 54.1 Å². The van der Waals surface area contributed by atoms with Crippen LogP contribution in [0.4, 0.5) is 0 Å². The van der Waals surface area contributed by atoms with Crippen LogP contribution in [0.1, 0.15) is 37.5 Å². The van der Waals surface area contributed by atoms with E-state index in [9.17, 15) is 4.79 Å². The first-order valence-corrected chi connectivity index (χ1v) is 10.2. The fraction of sp³-hybridized carbons (Fsp3) is 0.737. The smallest absolute Gasteiger partial charge is 0.225 e. The number of piperidine rings is 1. The van der Waals surface area contributed by atoms with Gasteiger partial charge in [-0.1, -0.05) is 13.0 Å². The van der Waals surface area contributed by atoms with Crippen LogP contribution in [0, 0.1) is 11.8 Å². The van der Waals surface area contributed by atoms with Crippen LogP contribution in [0.15, 0.2) is 17.5 Å². The molecule has 24 heavy (non-hydrogen) atoms. The van der Waals surface area contributed by atoms with Gasteiger partial charge in [-0.05, 0) is 43.0 Å². The molecule has 3 heterocycles. The van der Waals surface area contributed by atoms with E-state index in [1.165, 1.54) is 4.88 Å². The Morgan fingerprint density at radius 1 is 1.33 bits per heavy atom. The topological polar surface area (TPSA) is 32.8 Å². The third kappa shape index (κ3) is 3.39. The molecule has 1 spiro atoms. The van der Waals surface area contributed by atoms with Gasteiger partial charge in [-0.15, -0.1) is 11.3 Å². The standard InChI is InChI=1S/C19H28N2O2S/c1-15-11-16(12-15)18(22)21-6-4-19(5-7-21)14-20(8-9-23-19)13-17-3-2-10-24-17/h2-3,10,15-16H,4-9,11-14H2,1H3. The van der Waals surface area contributed by atoms with Crippen molar-refractivity contribution in [1.29, 1.82) is 0 Å². The van der Waals surface area contributed by atoms with Crippen molar-refractivity contribution in [2.24, 2.45) is 11.8 Å². The van der Waals surface area contributed by atoms with Gasteiger partial charge in [0.1, 0.15) is 0 Å². The van der Waals surface area contributed by atoms with Crippen LogP contribution in [0.3, 0.4) is 0 Å². The molecule has 5 heteroatoms. The Morgan fingerprint density at radius 2 is 2.12 bits per heavy atom. The largest absolute Gasteiger partial charge is 0.372 e. The highest BCUT2D eigenvalue weighted by Gasteiger charge is 2.42. The molecule has 1 aromatic heterocycles. The van der Waals surface area contributed by atoms with Crippen LogP contribution < -0.4 is 0 Å². The van der Waals surface area contributed by atoms with Crippen LogP contribution >= 0.6 is 11.3 Å². The summed E-state index contributed by atoms with van der Waals surface area (Å²) in [5, 5.41) is 2.15. The van der Waals surface area contributed by atoms with E-state index in [-0.39, 0.29) is 5.60 Å². The van der Waals surface area contributed by atoms with Crippen molar-refractivity contribution in [2.45, 2.75) is 44.8 Å². The predicted octanol–water partition coefficient (Wildman–Crippen LogP) is 2.99. The van der Waals surface area contributed by atoms with Crippen LogP contribution in [0.25, 0.3) is 0 Å². The summed E-state index contributed by atoms with van der Waals surface area (Å²) in [5.41, 5.74) is -0.0286. The van der Waals surface area contributed by atoms with E-state index in [0.29, 0.717) is 11.8 Å². The van der Waals surface area contributed by atoms with E-state index >= 15 is 0 Å². The van der Waals surface area contributed by atoms with Gasteiger partial charge in [0.05, 0.1) is 12.2 Å². The molecule has 0 aromatic carbocycles. The van der Waals surface area contributed by atoms with Crippen LogP contribution in [-0.2, 0) is 16.1 Å².